The minimum absolute atomic E-state index is 0.643. The maximum atomic E-state index is 4.40. The van der Waals surface area contributed by atoms with E-state index in [9.17, 15) is 0 Å². The van der Waals surface area contributed by atoms with Gasteiger partial charge < -0.3 is 4.90 Å². The number of hydrogen-bond acceptors (Lipinski definition) is 3. The fourth-order valence-corrected chi connectivity index (χ4v) is 2.71. The van der Waals surface area contributed by atoms with Crippen LogP contribution in [0.25, 0.3) is 0 Å². The van der Waals surface area contributed by atoms with Crippen molar-refractivity contribution in [3.8, 4) is 0 Å². The zero-order chi connectivity index (χ0) is 10.3. The average molecular weight is 315 g/mol. The van der Waals surface area contributed by atoms with Crippen molar-refractivity contribution < 1.29 is 0 Å². The van der Waals surface area contributed by atoms with E-state index < -0.39 is 0 Å². The van der Waals surface area contributed by atoms with Crippen LogP contribution in [0, 0.1) is 8.99 Å². The van der Waals surface area contributed by atoms with Crippen LogP contribution < -0.4 is 4.90 Å². The topological polar surface area (TPSA) is 29.0 Å². The number of halogens is 1. The average Bonchev–Trinajstić information content (AvgIpc) is 2.99. The molecule has 0 aromatic carbocycles. The van der Waals surface area contributed by atoms with Crippen molar-refractivity contribution in [1.82, 2.24) is 9.97 Å². The molecule has 0 atom stereocenters. The van der Waals surface area contributed by atoms with E-state index in [4.69, 9.17) is 0 Å². The summed E-state index contributed by atoms with van der Waals surface area (Å²) in [6.45, 7) is 2.30. The van der Waals surface area contributed by atoms with Crippen molar-refractivity contribution in [3.05, 3.63) is 16.0 Å². The molecule has 0 radical (unpaired) electrons. The monoisotopic (exact) mass is 315 g/mol. The summed E-state index contributed by atoms with van der Waals surface area (Å²) in [4.78, 5) is 11.2. The van der Waals surface area contributed by atoms with Gasteiger partial charge in [-0.3, -0.25) is 0 Å². The highest BCUT2D eigenvalue weighted by Crippen LogP contribution is 2.52. The van der Waals surface area contributed by atoms with E-state index in [0.29, 0.717) is 5.41 Å². The number of anilines is 1. The summed E-state index contributed by atoms with van der Waals surface area (Å²) in [6.07, 6.45) is 9.33. The number of nitrogens with zero attached hydrogens (tertiary/aromatic N) is 3. The first-order valence-electron chi connectivity index (χ1n) is 5.50. The maximum absolute atomic E-state index is 4.40. The van der Waals surface area contributed by atoms with E-state index in [-0.39, 0.29) is 0 Å². The first kappa shape index (κ1) is 9.81. The van der Waals surface area contributed by atoms with Crippen LogP contribution in [0.4, 0.5) is 5.95 Å². The van der Waals surface area contributed by atoms with Gasteiger partial charge in [-0.1, -0.05) is 0 Å². The Balaban J connectivity index is 1.78. The van der Waals surface area contributed by atoms with Gasteiger partial charge in [0.05, 0.1) is 0 Å². The second-order valence-electron chi connectivity index (χ2n) is 4.73. The Morgan fingerprint density at radius 1 is 1.20 bits per heavy atom. The molecule has 15 heavy (non-hydrogen) atoms. The number of aromatic nitrogens is 2. The van der Waals surface area contributed by atoms with Crippen LogP contribution >= 0.6 is 22.6 Å². The molecule has 1 aliphatic carbocycles. The van der Waals surface area contributed by atoms with E-state index in [1.165, 1.54) is 32.2 Å². The summed E-state index contributed by atoms with van der Waals surface area (Å²) in [5.41, 5.74) is 0.643. The second kappa shape index (κ2) is 3.57. The Morgan fingerprint density at radius 2 is 1.93 bits per heavy atom. The van der Waals surface area contributed by atoms with Crippen molar-refractivity contribution in [2.75, 3.05) is 18.0 Å². The quantitative estimate of drug-likeness (QED) is 0.746. The van der Waals surface area contributed by atoms with Crippen LogP contribution in [0.3, 0.4) is 0 Å². The normalized spacial score (nSPS) is 23.1. The SMILES string of the molecule is Ic1cnc(N2CCCC3(CC3)C2)nc1. The van der Waals surface area contributed by atoms with Gasteiger partial charge in [0.2, 0.25) is 5.95 Å². The molecule has 1 aliphatic heterocycles. The van der Waals surface area contributed by atoms with Crippen molar-refractivity contribution in [1.29, 1.82) is 0 Å². The maximum Gasteiger partial charge on any atom is 0.225 e. The van der Waals surface area contributed by atoms with Gasteiger partial charge in [0, 0.05) is 29.1 Å². The first-order valence-corrected chi connectivity index (χ1v) is 6.58. The van der Waals surface area contributed by atoms with E-state index >= 15 is 0 Å². The lowest BCUT2D eigenvalue weighted by Crippen LogP contribution is -2.37. The van der Waals surface area contributed by atoms with Crippen molar-refractivity contribution in [2.45, 2.75) is 25.7 Å². The fourth-order valence-electron chi connectivity index (χ4n) is 2.43. The molecule has 0 unspecified atom stereocenters. The molecule has 0 bridgehead atoms. The van der Waals surface area contributed by atoms with Gasteiger partial charge in [-0.25, -0.2) is 9.97 Å². The molecule has 2 heterocycles. The highest BCUT2D eigenvalue weighted by atomic mass is 127. The molecule has 1 spiro atoms. The molecule has 3 nitrogen and oxygen atoms in total. The van der Waals surface area contributed by atoms with Crippen LogP contribution in [-0.2, 0) is 0 Å². The lowest BCUT2D eigenvalue weighted by Gasteiger charge is -2.32. The molecular weight excluding hydrogens is 301 g/mol. The zero-order valence-electron chi connectivity index (χ0n) is 8.62. The van der Waals surface area contributed by atoms with Gasteiger partial charge in [0.1, 0.15) is 0 Å². The first-order chi connectivity index (χ1) is 7.27. The van der Waals surface area contributed by atoms with Crippen LogP contribution in [0.15, 0.2) is 12.4 Å². The van der Waals surface area contributed by atoms with Gasteiger partial charge in [-0.2, -0.15) is 0 Å². The second-order valence-corrected chi connectivity index (χ2v) is 5.97. The van der Waals surface area contributed by atoms with E-state index in [1.807, 2.05) is 12.4 Å². The molecule has 2 aliphatic rings. The van der Waals surface area contributed by atoms with E-state index in [0.717, 1.165) is 16.1 Å². The predicted molar refractivity (Wildman–Crippen MR) is 67.9 cm³/mol. The highest BCUT2D eigenvalue weighted by molar-refractivity contribution is 14.1. The van der Waals surface area contributed by atoms with Gasteiger partial charge >= 0.3 is 0 Å². The summed E-state index contributed by atoms with van der Waals surface area (Å²) >= 11 is 2.24. The van der Waals surface area contributed by atoms with E-state index in [2.05, 4.69) is 37.5 Å². The molecule has 2 fully saturated rings. The summed E-state index contributed by atoms with van der Waals surface area (Å²) in [5, 5.41) is 0. The van der Waals surface area contributed by atoms with E-state index in [1.54, 1.807) is 0 Å². The molecule has 80 valence electrons. The van der Waals surface area contributed by atoms with Crippen molar-refractivity contribution in [2.24, 2.45) is 5.41 Å². The molecule has 3 rings (SSSR count). The number of piperidine rings is 1. The largest absolute Gasteiger partial charge is 0.340 e. The minimum atomic E-state index is 0.643. The molecule has 0 N–H and O–H groups in total. The molecule has 1 saturated heterocycles. The van der Waals surface area contributed by atoms with Crippen LogP contribution in [0.2, 0.25) is 0 Å². The standard InChI is InChI=1S/C11H14IN3/c12-9-6-13-10(14-7-9)15-5-1-2-11(8-15)3-4-11/h6-7H,1-5,8H2. The lowest BCUT2D eigenvalue weighted by molar-refractivity contribution is 0.391. The Hall–Kier alpha value is -0.390. The Morgan fingerprint density at radius 3 is 2.60 bits per heavy atom. The van der Waals surface area contributed by atoms with Gasteiger partial charge in [0.15, 0.2) is 0 Å². The molecule has 1 saturated carbocycles. The highest BCUT2D eigenvalue weighted by Gasteiger charge is 2.45. The number of rotatable bonds is 1. The van der Waals surface area contributed by atoms with Gasteiger partial charge in [-0.15, -0.1) is 0 Å². The van der Waals surface area contributed by atoms with Crippen LogP contribution in [0.5, 0.6) is 0 Å². The summed E-state index contributed by atoms with van der Waals surface area (Å²) < 4.78 is 1.11. The van der Waals surface area contributed by atoms with Crippen LogP contribution in [0.1, 0.15) is 25.7 Å². The Bertz CT molecular complexity index is 359. The summed E-state index contributed by atoms with van der Waals surface area (Å²) in [7, 11) is 0. The Kier molecular flexibility index (Phi) is 2.34. The number of hydrogen-bond donors (Lipinski definition) is 0. The molecule has 4 heteroatoms. The summed E-state index contributed by atoms with van der Waals surface area (Å²) in [6, 6.07) is 0. The minimum Gasteiger partial charge on any atom is -0.340 e. The third kappa shape index (κ3) is 1.96. The van der Waals surface area contributed by atoms with Crippen molar-refractivity contribution >= 4 is 28.5 Å². The summed E-state index contributed by atoms with van der Waals surface area (Å²) in [5.74, 6) is 0.918. The fraction of sp³-hybridized carbons (Fsp3) is 0.636. The third-order valence-corrected chi connectivity index (χ3v) is 4.07. The Labute approximate surface area is 103 Å². The smallest absolute Gasteiger partial charge is 0.225 e. The molecule has 0 amide bonds. The third-order valence-electron chi connectivity index (χ3n) is 3.51. The van der Waals surface area contributed by atoms with Crippen molar-refractivity contribution in [3.63, 3.8) is 0 Å². The predicted octanol–water partition coefficient (Wildman–Crippen LogP) is 2.46. The van der Waals surface area contributed by atoms with Gasteiger partial charge in [-0.05, 0) is 53.7 Å². The van der Waals surface area contributed by atoms with Crippen LogP contribution in [-0.4, -0.2) is 23.1 Å². The molecular formula is C11H14IN3. The van der Waals surface area contributed by atoms with Gasteiger partial charge in [0.25, 0.3) is 0 Å². The molecule has 1 aromatic rings. The zero-order valence-corrected chi connectivity index (χ0v) is 10.8. The molecule has 1 aromatic heterocycles. The lowest BCUT2D eigenvalue weighted by atomic mass is 9.95.